The number of rotatable bonds is 6. The number of likely N-dealkylation sites (tertiary alicyclic amines) is 1. The van der Waals surface area contributed by atoms with E-state index in [0.29, 0.717) is 17.9 Å². The van der Waals surface area contributed by atoms with Crippen LogP contribution in [0.15, 0.2) is 24.3 Å². The molecule has 3 heterocycles. The van der Waals surface area contributed by atoms with Crippen LogP contribution in [-0.4, -0.2) is 77.7 Å². The minimum absolute atomic E-state index is 0.0368. The van der Waals surface area contributed by atoms with Gasteiger partial charge in [0.1, 0.15) is 0 Å². The number of hydrogen-bond acceptors (Lipinski definition) is 8. The van der Waals surface area contributed by atoms with Crippen LogP contribution in [0.2, 0.25) is 10.2 Å². The molecule has 10 heteroatoms. The van der Waals surface area contributed by atoms with Crippen molar-refractivity contribution in [1.82, 2.24) is 19.8 Å². The smallest absolute Gasteiger partial charge is 0.360 e. The van der Waals surface area contributed by atoms with Gasteiger partial charge in [-0.25, -0.2) is 14.8 Å². The van der Waals surface area contributed by atoms with Crippen LogP contribution in [0.5, 0.6) is 0 Å². The van der Waals surface area contributed by atoms with Gasteiger partial charge >= 0.3 is 5.97 Å². The van der Waals surface area contributed by atoms with E-state index in [2.05, 4.69) is 43.7 Å². The molecule has 1 unspecified atom stereocenters. The summed E-state index contributed by atoms with van der Waals surface area (Å²) < 4.78 is 4.71. The summed E-state index contributed by atoms with van der Waals surface area (Å²) in [4.78, 5) is 27.7. The molecular formula is C24H32Cl2N6O2. The average molecular weight is 507 g/mol. The van der Waals surface area contributed by atoms with E-state index >= 15 is 0 Å². The first-order valence-corrected chi connectivity index (χ1v) is 12.5. The number of piperazine rings is 1. The number of hydrogen-bond donors (Lipinski definition) is 1. The van der Waals surface area contributed by atoms with Crippen LogP contribution in [0.1, 0.15) is 42.2 Å². The third-order valence-corrected chi connectivity index (χ3v) is 7.39. The standard InChI is InChI=1S/C24H32Cl2N6O2/c1-3-18-15-31(23-21(26)28-20(22(27)29-23)24(33)34-2)12-13-32(18)19-8-10-30(11-9-19)14-16-4-6-17(25)7-5-16/h4-7,18-19H,3,8-15H2,1-2H3,(H2,27,29). The Bertz CT molecular complexity index is 998. The Balaban J connectivity index is 1.36. The second-order valence-corrected chi connectivity index (χ2v) is 9.74. The quantitative estimate of drug-likeness (QED) is 0.593. The lowest BCUT2D eigenvalue weighted by atomic mass is 9.98. The highest BCUT2D eigenvalue weighted by Crippen LogP contribution is 2.30. The van der Waals surface area contributed by atoms with Crippen molar-refractivity contribution in [3.05, 3.63) is 45.7 Å². The van der Waals surface area contributed by atoms with Crippen molar-refractivity contribution in [2.45, 2.75) is 44.8 Å². The minimum Gasteiger partial charge on any atom is -0.464 e. The number of piperidine rings is 1. The molecular weight excluding hydrogens is 475 g/mol. The van der Waals surface area contributed by atoms with E-state index in [9.17, 15) is 4.79 Å². The van der Waals surface area contributed by atoms with Crippen LogP contribution in [0, 0.1) is 0 Å². The molecule has 2 N–H and O–H groups in total. The molecule has 2 aliphatic rings. The zero-order valence-electron chi connectivity index (χ0n) is 19.7. The number of halogens is 2. The molecule has 2 aliphatic heterocycles. The summed E-state index contributed by atoms with van der Waals surface area (Å²) >= 11 is 12.4. The van der Waals surface area contributed by atoms with Gasteiger partial charge in [-0.1, -0.05) is 42.3 Å². The van der Waals surface area contributed by atoms with Crippen LogP contribution in [0.3, 0.4) is 0 Å². The van der Waals surface area contributed by atoms with Gasteiger partial charge in [0.2, 0.25) is 0 Å². The van der Waals surface area contributed by atoms with Gasteiger partial charge in [0.05, 0.1) is 7.11 Å². The summed E-state index contributed by atoms with van der Waals surface area (Å²) in [5, 5.41) is 0.954. The lowest BCUT2D eigenvalue weighted by molar-refractivity contribution is 0.0593. The SMILES string of the molecule is CCC1CN(c2nc(N)c(C(=O)OC)nc2Cl)CCN1C1CCN(Cc2ccc(Cl)cc2)CC1. The monoisotopic (exact) mass is 506 g/mol. The number of esters is 1. The molecule has 0 bridgehead atoms. The summed E-state index contributed by atoms with van der Waals surface area (Å²) in [6, 6.07) is 9.10. The van der Waals surface area contributed by atoms with Crippen LogP contribution in [0.25, 0.3) is 0 Å². The molecule has 34 heavy (non-hydrogen) atoms. The van der Waals surface area contributed by atoms with Crippen molar-refractivity contribution in [2.24, 2.45) is 0 Å². The number of carbonyl (C=O) groups is 1. The summed E-state index contributed by atoms with van der Waals surface area (Å²) in [5.74, 6) is -0.0744. The molecule has 0 amide bonds. The highest BCUT2D eigenvalue weighted by Gasteiger charge is 2.34. The average Bonchev–Trinajstić information content (AvgIpc) is 2.86. The maximum absolute atomic E-state index is 11.8. The Labute approximate surface area is 211 Å². The highest BCUT2D eigenvalue weighted by atomic mass is 35.5. The van der Waals surface area contributed by atoms with E-state index in [1.807, 2.05) is 12.1 Å². The first-order chi connectivity index (χ1) is 16.4. The molecule has 2 aromatic rings. The fourth-order valence-corrected chi connectivity index (χ4v) is 5.40. The number of methoxy groups -OCH3 is 1. The van der Waals surface area contributed by atoms with Crippen molar-refractivity contribution in [3.8, 4) is 0 Å². The normalized spacial score (nSPS) is 20.5. The highest BCUT2D eigenvalue weighted by molar-refractivity contribution is 6.32. The Kier molecular flexibility index (Phi) is 8.14. The molecule has 0 radical (unpaired) electrons. The Hall–Kier alpha value is -2.13. The first kappa shape index (κ1) is 25.0. The number of anilines is 2. The van der Waals surface area contributed by atoms with Crippen LogP contribution in [-0.2, 0) is 11.3 Å². The molecule has 1 aromatic carbocycles. The number of aromatic nitrogens is 2. The van der Waals surface area contributed by atoms with Crippen LogP contribution >= 0.6 is 23.2 Å². The van der Waals surface area contributed by atoms with E-state index in [-0.39, 0.29) is 16.7 Å². The first-order valence-electron chi connectivity index (χ1n) is 11.8. The van der Waals surface area contributed by atoms with Gasteiger partial charge < -0.3 is 15.4 Å². The molecule has 4 rings (SSSR count). The molecule has 8 nitrogen and oxygen atoms in total. The van der Waals surface area contributed by atoms with Gasteiger partial charge in [-0.3, -0.25) is 9.80 Å². The number of carbonyl (C=O) groups excluding carboxylic acids is 1. The number of nitrogens with zero attached hydrogens (tertiary/aromatic N) is 5. The summed E-state index contributed by atoms with van der Waals surface area (Å²) in [6.07, 6.45) is 3.35. The molecule has 0 saturated carbocycles. The van der Waals surface area contributed by atoms with Crippen LogP contribution < -0.4 is 10.6 Å². The van der Waals surface area contributed by atoms with E-state index in [4.69, 9.17) is 33.7 Å². The predicted octanol–water partition coefficient (Wildman–Crippen LogP) is 3.72. The topological polar surface area (TPSA) is 87.8 Å². The van der Waals surface area contributed by atoms with Crippen LogP contribution in [0.4, 0.5) is 11.6 Å². The molecule has 1 aromatic heterocycles. The molecule has 0 aliphatic carbocycles. The fraction of sp³-hybridized carbons (Fsp3) is 0.542. The Morgan fingerprint density at radius 1 is 1.12 bits per heavy atom. The molecule has 2 saturated heterocycles. The van der Waals surface area contributed by atoms with E-state index < -0.39 is 5.97 Å². The largest absolute Gasteiger partial charge is 0.464 e. The van der Waals surface area contributed by atoms with Gasteiger partial charge in [0, 0.05) is 43.3 Å². The number of ether oxygens (including phenoxy) is 1. The predicted molar refractivity (Wildman–Crippen MR) is 136 cm³/mol. The van der Waals surface area contributed by atoms with E-state index in [0.717, 1.165) is 63.6 Å². The van der Waals surface area contributed by atoms with Gasteiger partial charge in [-0.2, -0.15) is 0 Å². The van der Waals surface area contributed by atoms with Crippen molar-refractivity contribution >= 4 is 40.8 Å². The van der Waals surface area contributed by atoms with Gasteiger partial charge in [0.25, 0.3) is 0 Å². The van der Waals surface area contributed by atoms with Crippen molar-refractivity contribution < 1.29 is 9.53 Å². The Morgan fingerprint density at radius 3 is 2.47 bits per heavy atom. The maximum Gasteiger partial charge on any atom is 0.360 e. The lowest BCUT2D eigenvalue weighted by Crippen LogP contribution is -2.58. The zero-order valence-corrected chi connectivity index (χ0v) is 21.2. The third-order valence-electron chi connectivity index (χ3n) is 6.89. The van der Waals surface area contributed by atoms with E-state index in [1.54, 1.807) is 0 Å². The Morgan fingerprint density at radius 2 is 1.82 bits per heavy atom. The lowest BCUT2D eigenvalue weighted by Gasteiger charge is -2.47. The number of benzene rings is 1. The molecule has 0 spiro atoms. The van der Waals surface area contributed by atoms with Crippen molar-refractivity contribution in [1.29, 1.82) is 0 Å². The third kappa shape index (κ3) is 5.57. The summed E-state index contributed by atoms with van der Waals surface area (Å²) in [5.41, 5.74) is 7.23. The number of nitrogens with two attached hydrogens (primary N) is 1. The van der Waals surface area contributed by atoms with Gasteiger partial charge in [-0.05, 0) is 50.0 Å². The molecule has 184 valence electrons. The minimum atomic E-state index is -0.642. The van der Waals surface area contributed by atoms with E-state index in [1.165, 1.54) is 12.7 Å². The van der Waals surface area contributed by atoms with Crippen molar-refractivity contribution in [2.75, 3.05) is 50.5 Å². The maximum atomic E-state index is 11.8. The van der Waals surface area contributed by atoms with Gasteiger partial charge in [0.15, 0.2) is 22.5 Å². The zero-order chi connectivity index (χ0) is 24.2. The number of nitrogen functional groups attached to an aromatic ring is 1. The summed E-state index contributed by atoms with van der Waals surface area (Å²) in [7, 11) is 1.28. The molecule has 1 atom stereocenters. The van der Waals surface area contributed by atoms with Crippen molar-refractivity contribution in [3.63, 3.8) is 0 Å². The summed E-state index contributed by atoms with van der Waals surface area (Å²) in [6.45, 7) is 7.88. The second-order valence-electron chi connectivity index (χ2n) is 8.94. The van der Waals surface area contributed by atoms with Gasteiger partial charge in [-0.15, -0.1) is 0 Å². The molecule has 2 fully saturated rings. The fourth-order valence-electron chi connectivity index (χ4n) is 5.03. The second kappa shape index (κ2) is 11.1.